The normalized spacial score (nSPS) is 10.9. The van der Waals surface area contributed by atoms with Crippen LogP contribution in [0.4, 0.5) is 5.69 Å². The Bertz CT molecular complexity index is 1310. The summed E-state index contributed by atoms with van der Waals surface area (Å²) in [6.07, 6.45) is 0. The van der Waals surface area contributed by atoms with Crippen LogP contribution in [0.1, 0.15) is 21.5 Å². The summed E-state index contributed by atoms with van der Waals surface area (Å²) < 4.78 is 0.729. The highest BCUT2D eigenvalue weighted by Crippen LogP contribution is 2.27. The minimum absolute atomic E-state index is 0.147. The number of hydrogen-bond acceptors (Lipinski definition) is 4. The number of anilines is 1. The quantitative estimate of drug-likeness (QED) is 0.236. The molecule has 156 valence electrons. The van der Waals surface area contributed by atoms with Crippen molar-refractivity contribution in [3.05, 3.63) is 86.8 Å². The molecule has 0 aliphatic rings. The fraction of sp³-hybridized carbons (Fsp3) is 0.0870. The summed E-state index contributed by atoms with van der Waals surface area (Å²) in [5, 5.41) is 3.86. The topological polar surface area (TPSA) is 74.8 Å². The number of ketones is 1. The van der Waals surface area contributed by atoms with Gasteiger partial charge in [-0.15, -0.1) is 0 Å². The molecule has 1 amide bonds. The van der Waals surface area contributed by atoms with Crippen molar-refractivity contribution in [1.82, 2.24) is 9.97 Å². The van der Waals surface area contributed by atoms with Crippen molar-refractivity contribution >= 4 is 67.7 Å². The first-order valence-corrected chi connectivity index (χ1v) is 11.5. The van der Waals surface area contributed by atoms with E-state index in [-0.39, 0.29) is 17.4 Å². The Morgan fingerprint density at radius 3 is 2.71 bits per heavy atom. The molecule has 3 aromatic carbocycles. The van der Waals surface area contributed by atoms with Crippen LogP contribution in [-0.2, 0) is 4.79 Å². The molecule has 5 nitrogen and oxygen atoms in total. The lowest BCUT2D eigenvalue weighted by Crippen LogP contribution is -2.17. The molecular weight excluding hydrogens is 498 g/mol. The van der Waals surface area contributed by atoms with Gasteiger partial charge in [-0.05, 0) is 55.0 Å². The van der Waals surface area contributed by atoms with Gasteiger partial charge in [0.1, 0.15) is 0 Å². The van der Waals surface area contributed by atoms with Crippen molar-refractivity contribution in [3.8, 4) is 0 Å². The first-order chi connectivity index (χ1) is 14.9. The lowest BCUT2D eigenvalue weighted by molar-refractivity contribution is -0.113. The van der Waals surface area contributed by atoms with Gasteiger partial charge in [0, 0.05) is 15.6 Å². The van der Waals surface area contributed by atoms with E-state index in [0.29, 0.717) is 27.0 Å². The highest BCUT2D eigenvalue weighted by Gasteiger charge is 2.18. The fourth-order valence-electron chi connectivity index (χ4n) is 3.09. The van der Waals surface area contributed by atoms with Gasteiger partial charge in [-0.2, -0.15) is 0 Å². The zero-order valence-corrected chi connectivity index (χ0v) is 19.6. The van der Waals surface area contributed by atoms with Gasteiger partial charge in [0.15, 0.2) is 10.9 Å². The van der Waals surface area contributed by atoms with E-state index >= 15 is 0 Å². The van der Waals surface area contributed by atoms with Crippen molar-refractivity contribution in [2.75, 3.05) is 11.1 Å². The lowest BCUT2D eigenvalue weighted by atomic mass is 10.0. The molecule has 0 saturated heterocycles. The van der Waals surface area contributed by atoms with Gasteiger partial charge >= 0.3 is 0 Å². The van der Waals surface area contributed by atoms with E-state index < -0.39 is 0 Å². The molecule has 0 spiro atoms. The van der Waals surface area contributed by atoms with E-state index in [2.05, 4.69) is 31.2 Å². The molecule has 1 aromatic heterocycles. The molecule has 1 heterocycles. The number of imidazole rings is 1. The molecule has 0 radical (unpaired) electrons. The molecule has 0 fully saturated rings. The number of nitrogens with zero attached hydrogens (tertiary/aromatic N) is 1. The smallest absolute Gasteiger partial charge is 0.234 e. The van der Waals surface area contributed by atoms with E-state index in [9.17, 15) is 9.59 Å². The largest absolute Gasteiger partial charge is 0.333 e. The molecule has 4 aromatic rings. The molecule has 8 heteroatoms. The van der Waals surface area contributed by atoms with Gasteiger partial charge in [-0.1, -0.05) is 57.5 Å². The minimum atomic E-state index is -0.262. The van der Waals surface area contributed by atoms with Crippen LogP contribution in [0.15, 0.2) is 70.3 Å². The number of H-pyrrole nitrogens is 1. The zero-order valence-electron chi connectivity index (χ0n) is 16.4. The second kappa shape index (κ2) is 9.26. The number of nitrogens with one attached hydrogen (secondary N) is 2. The molecule has 2 N–H and O–H groups in total. The molecular formula is C23H17BrClN3O2S. The van der Waals surface area contributed by atoms with Gasteiger partial charge in [0.05, 0.1) is 27.5 Å². The van der Waals surface area contributed by atoms with E-state index in [4.69, 9.17) is 11.6 Å². The second-order valence-corrected chi connectivity index (χ2v) is 9.19. The summed E-state index contributed by atoms with van der Waals surface area (Å²) in [5.41, 5.74) is 4.09. The molecule has 0 atom stereocenters. The predicted molar refractivity (Wildman–Crippen MR) is 129 cm³/mol. The molecule has 0 saturated carbocycles. The van der Waals surface area contributed by atoms with Crippen LogP contribution in [0.2, 0.25) is 5.02 Å². The number of thioether (sulfide) groups is 1. The van der Waals surface area contributed by atoms with Crippen molar-refractivity contribution < 1.29 is 9.59 Å². The molecule has 0 bridgehead atoms. The summed E-state index contributed by atoms with van der Waals surface area (Å²) in [7, 11) is 0. The molecule has 0 aliphatic carbocycles. The Hall–Kier alpha value is -2.61. The van der Waals surface area contributed by atoms with Gasteiger partial charge in [0.2, 0.25) is 5.91 Å². The number of aromatic nitrogens is 2. The third-order valence-corrected chi connectivity index (χ3v) is 6.27. The second-order valence-electron chi connectivity index (χ2n) is 6.90. The van der Waals surface area contributed by atoms with Crippen molar-refractivity contribution in [2.24, 2.45) is 0 Å². The van der Waals surface area contributed by atoms with Gasteiger partial charge in [-0.25, -0.2) is 4.98 Å². The van der Waals surface area contributed by atoms with Crippen molar-refractivity contribution in [1.29, 1.82) is 0 Å². The molecule has 4 rings (SSSR count). The Labute approximate surface area is 196 Å². The van der Waals surface area contributed by atoms with Crippen LogP contribution >= 0.6 is 39.3 Å². The van der Waals surface area contributed by atoms with E-state index in [1.165, 1.54) is 11.8 Å². The number of hydrogen-bond donors (Lipinski definition) is 2. The van der Waals surface area contributed by atoms with Crippen LogP contribution in [0.3, 0.4) is 0 Å². The van der Waals surface area contributed by atoms with Crippen molar-refractivity contribution in [3.63, 3.8) is 0 Å². The van der Waals surface area contributed by atoms with Crippen LogP contribution < -0.4 is 5.32 Å². The summed E-state index contributed by atoms with van der Waals surface area (Å²) in [5.74, 6) is -0.353. The lowest BCUT2D eigenvalue weighted by Gasteiger charge is -2.12. The number of amides is 1. The number of benzene rings is 3. The Kier molecular flexibility index (Phi) is 6.46. The molecule has 0 aliphatic heterocycles. The number of carbonyl (C=O) groups excluding carboxylic acids is 2. The van der Waals surface area contributed by atoms with Crippen LogP contribution in [0.25, 0.3) is 11.0 Å². The van der Waals surface area contributed by atoms with E-state index in [1.54, 1.807) is 42.5 Å². The summed E-state index contributed by atoms with van der Waals surface area (Å²) in [4.78, 5) is 33.4. The third kappa shape index (κ3) is 5.01. The van der Waals surface area contributed by atoms with Gasteiger partial charge < -0.3 is 10.3 Å². The van der Waals surface area contributed by atoms with Crippen molar-refractivity contribution in [2.45, 2.75) is 12.1 Å². The number of aromatic amines is 1. The Balaban J connectivity index is 1.50. The highest BCUT2D eigenvalue weighted by atomic mass is 79.9. The minimum Gasteiger partial charge on any atom is -0.333 e. The van der Waals surface area contributed by atoms with Gasteiger partial charge in [0.25, 0.3) is 0 Å². The maximum Gasteiger partial charge on any atom is 0.234 e. The fourth-order valence-corrected chi connectivity index (χ4v) is 4.36. The number of rotatable bonds is 6. The van der Waals surface area contributed by atoms with Crippen LogP contribution in [0.5, 0.6) is 0 Å². The number of fused-ring (bicyclic) bond motifs is 1. The van der Waals surface area contributed by atoms with E-state index in [0.717, 1.165) is 21.1 Å². The Morgan fingerprint density at radius 2 is 1.90 bits per heavy atom. The third-order valence-electron chi connectivity index (χ3n) is 4.57. The Morgan fingerprint density at radius 1 is 1.10 bits per heavy atom. The number of halogens is 2. The highest BCUT2D eigenvalue weighted by molar-refractivity contribution is 9.10. The average Bonchev–Trinajstić information content (AvgIpc) is 3.15. The number of aryl methyl sites for hydroxylation is 1. The zero-order chi connectivity index (χ0) is 22.0. The summed E-state index contributed by atoms with van der Waals surface area (Å²) in [6, 6.07) is 17.9. The SMILES string of the molecule is Cc1ccc2nc(SCC(=O)Nc3ccc(Br)cc3C(=O)c3ccccc3Cl)[nH]c2c1. The van der Waals surface area contributed by atoms with E-state index in [1.807, 2.05) is 25.1 Å². The molecule has 31 heavy (non-hydrogen) atoms. The number of carbonyl (C=O) groups is 2. The average molecular weight is 515 g/mol. The van der Waals surface area contributed by atoms with Crippen LogP contribution in [-0.4, -0.2) is 27.4 Å². The van der Waals surface area contributed by atoms with Crippen LogP contribution in [0, 0.1) is 6.92 Å². The predicted octanol–water partition coefficient (Wildman–Crippen LogP) is 6.25. The summed E-state index contributed by atoms with van der Waals surface area (Å²) >= 11 is 10.9. The van der Waals surface area contributed by atoms with Gasteiger partial charge in [-0.3, -0.25) is 9.59 Å². The maximum absolute atomic E-state index is 13.1. The summed E-state index contributed by atoms with van der Waals surface area (Å²) in [6.45, 7) is 2.01. The maximum atomic E-state index is 13.1. The monoisotopic (exact) mass is 513 g/mol. The first-order valence-electron chi connectivity index (χ1n) is 9.38. The first kappa shape index (κ1) is 21.6. The molecule has 0 unspecified atom stereocenters. The standard InChI is InChI=1S/C23H17BrClN3O2S/c1-13-6-8-19-20(10-13)28-23(27-19)31-12-21(29)26-18-9-7-14(24)11-16(18)22(30)15-4-2-3-5-17(15)25/h2-11H,12H2,1H3,(H,26,29)(H,27,28).